The van der Waals surface area contributed by atoms with Crippen LogP contribution in [0.4, 0.5) is 11.4 Å². The third-order valence-electron chi connectivity index (χ3n) is 9.61. The zero-order chi connectivity index (χ0) is 42.0. The molecule has 0 atom stereocenters. The van der Waals surface area contributed by atoms with E-state index in [1.54, 1.807) is 41.0 Å². The lowest BCUT2D eigenvalue weighted by atomic mass is 9.78. The van der Waals surface area contributed by atoms with E-state index in [0.717, 1.165) is 0 Å². The lowest BCUT2D eigenvalue weighted by molar-refractivity contribution is -0.437. The van der Waals surface area contributed by atoms with Crippen LogP contribution >= 0.6 is 0 Å². The number of hydrogen-bond acceptors (Lipinski definition) is 11. The maximum atomic E-state index is 13.7. The van der Waals surface area contributed by atoms with Crippen LogP contribution in [-0.2, 0) is 41.2 Å². The van der Waals surface area contributed by atoms with Crippen molar-refractivity contribution in [2.45, 2.75) is 58.3 Å². The Labute approximate surface area is 326 Å². The van der Waals surface area contributed by atoms with Crippen molar-refractivity contribution in [2.24, 2.45) is 0 Å². The van der Waals surface area contributed by atoms with E-state index in [2.05, 4.69) is 10.6 Å². The van der Waals surface area contributed by atoms with Gasteiger partial charge in [0.25, 0.3) is 32.1 Å². The molecular weight excluding hydrogens is 793 g/mol. The molecule has 2 aromatic carbocycles. The standard InChI is InChI=1S/C36H46N4O13S3/c1-6-16-39-27-22-23(32(41)37-14-19-55(48,49)50)21-25(33(42)38-15-20-56(51,52)53)31(27)36(4,5)28(39)12-8-13-29-35(2,3)30-24(34(43)44)10-7-11-26(30)40(29)17-9-18-54(45,46)47/h7-8,10-13,21-22H,6,9,14-20H2,1-5H3,(H5-,37,38,41,42,43,44,45,46,47,48,49,50,51,52,53). The minimum Gasteiger partial charge on any atom is -0.748 e. The molecule has 2 amide bonds. The largest absolute Gasteiger partial charge is 0.748 e. The van der Waals surface area contributed by atoms with Crippen molar-refractivity contribution in [3.63, 3.8) is 0 Å². The van der Waals surface area contributed by atoms with Crippen molar-refractivity contribution in [2.75, 3.05) is 48.3 Å². The average Bonchev–Trinajstić information content (AvgIpc) is 3.41. The monoisotopic (exact) mass is 838 g/mol. The molecule has 17 nitrogen and oxygen atoms in total. The number of carbonyl (C=O) groups is 3. The Kier molecular flexibility index (Phi) is 13.1. The van der Waals surface area contributed by atoms with Crippen LogP contribution < -0.4 is 15.5 Å². The number of carbonyl (C=O) groups excluding carboxylic acids is 2. The highest BCUT2D eigenvalue weighted by Crippen LogP contribution is 2.50. The van der Waals surface area contributed by atoms with Gasteiger partial charge in [0.2, 0.25) is 5.69 Å². The van der Waals surface area contributed by atoms with E-state index in [9.17, 15) is 53.8 Å². The summed E-state index contributed by atoms with van der Waals surface area (Å²) in [4.78, 5) is 41.2. The maximum Gasteiger partial charge on any atom is 0.336 e. The minimum atomic E-state index is -4.52. The SMILES string of the molecule is CCCN1/C(=C/C=C/C2=[N+](CCCS(=O)(=O)[O-])c3cccc(C(=O)O)c3C2(C)C)C(C)(C)c2c(C(=O)NCCS(=O)(=O)O)cc(C(=O)NCCS(=O)(=O)O)cc21. The Balaban J connectivity index is 1.86. The Morgan fingerprint density at radius 1 is 0.857 bits per heavy atom. The topological polar surface area (TPSA) is 268 Å². The van der Waals surface area contributed by atoms with Crippen LogP contribution in [0.15, 0.2) is 54.3 Å². The predicted octanol–water partition coefficient (Wildman–Crippen LogP) is 2.58. The molecule has 0 aliphatic carbocycles. The summed E-state index contributed by atoms with van der Waals surface area (Å²) in [5, 5.41) is 14.9. The molecule has 2 aromatic rings. The Morgan fingerprint density at radius 3 is 2.02 bits per heavy atom. The second-order valence-electron chi connectivity index (χ2n) is 14.5. The average molecular weight is 839 g/mol. The number of anilines is 1. The van der Waals surface area contributed by atoms with Gasteiger partial charge in [-0.2, -0.15) is 21.4 Å². The first kappa shape index (κ1) is 44.2. The normalized spacial score (nSPS) is 17.0. The van der Waals surface area contributed by atoms with E-state index >= 15 is 0 Å². The molecule has 2 heterocycles. The van der Waals surface area contributed by atoms with Crippen LogP contribution in [0, 0.1) is 0 Å². The highest BCUT2D eigenvalue weighted by molar-refractivity contribution is 7.86. The number of fused-ring (bicyclic) bond motifs is 2. The van der Waals surface area contributed by atoms with Crippen molar-refractivity contribution in [3.05, 3.63) is 82.1 Å². The molecule has 0 radical (unpaired) electrons. The van der Waals surface area contributed by atoms with Gasteiger partial charge in [-0.15, -0.1) is 0 Å². The number of carboxylic acid groups (broad SMARTS) is 1. The summed E-state index contributed by atoms with van der Waals surface area (Å²) in [6.45, 7) is 8.91. The Bertz CT molecular complexity index is 2360. The second-order valence-corrected chi connectivity index (χ2v) is 19.1. The van der Waals surface area contributed by atoms with E-state index < -0.39 is 89.3 Å². The quantitative estimate of drug-likeness (QED) is 0.113. The molecule has 0 unspecified atom stereocenters. The highest BCUT2D eigenvalue weighted by Gasteiger charge is 2.47. The molecule has 4 rings (SSSR count). The first-order valence-electron chi connectivity index (χ1n) is 17.6. The van der Waals surface area contributed by atoms with E-state index in [1.807, 2.05) is 39.5 Å². The van der Waals surface area contributed by atoms with Crippen LogP contribution in [0.5, 0.6) is 0 Å². The van der Waals surface area contributed by atoms with Gasteiger partial charge in [-0.05, 0) is 44.5 Å². The van der Waals surface area contributed by atoms with Gasteiger partial charge in [0.1, 0.15) is 6.54 Å². The van der Waals surface area contributed by atoms with Crippen molar-refractivity contribution in [1.82, 2.24) is 10.6 Å². The van der Waals surface area contributed by atoms with Gasteiger partial charge in [0.15, 0.2) is 5.71 Å². The van der Waals surface area contributed by atoms with Crippen LogP contribution in [0.25, 0.3) is 0 Å². The molecular formula is C36H46N4O13S3. The smallest absolute Gasteiger partial charge is 0.336 e. The van der Waals surface area contributed by atoms with Gasteiger partial charge < -0.3 is 25.2 Å². The summed E-state index contributed by atoms with van der Waals surface area (Å²) >= 11 is 0. The summed E-state index contributed by atoms with van der Waals surface area (Å²) in [6, 6.07) is 7.64. The molecule has 0 bridgehead atoms. The number of amides is 2. The zero-order valence-electron chi connectivity index (χ0n) is 31.5. The number of aromatic carboxylic acids is 1. The highest BCUT2D eigenvalue weighted by atomic mass is 32.2. The molecule has 2 aliphatic heterocycles. The van der Waals surface area contributed by atoms with Crippen LogP contribution in [-0.4, -0.2) is 116 Å². The van der Waals surface area contributed by atoms with E-state index in [0.29, 0.717) is 46.9 Å². The number of allylic oxidation sites excluding steroid dienone is 4. The van der Waals surface area contributed by atoms with Crippen LogP contribution in [0.1, 0.15) is 89.7 Å². The summed E-state index contributed by atoms with van der Waals surface area (Å²) in [7, 11) is -13.3. The first-order chi connectivity index (χ1) is 25.8. The second kappa shape index (κ2) is 16.6. The molecule has 0 saturated heterocycles. The van der Waals surface area contributed by atoms with E-state index in [4.69, 9.17) is 4.55 Å². The lowest BCUT2D eigenvalue weighted by Gasteiger charge is -2.27. The van der Waals surface area contributed by atoms with Crippen molar-refractivity contribution in [3.8, 4) is 0 Å². The van der Waals surface area contributed by atoms with Gasteiger partial charge in [0, 0.05) is 77.4 Å². The fourth-order valence-electron chi connectivity index (χ4n) is 7.31. The van der Waals surface area contributed by atoms with Gasteiger partial charge >= 0.3 is 5.97 Å². The number of nitrogens with one attached hydrogen (secondary N) is 2. The van der Waals surface area contributed by atoms with Crippen molar-refractivity contribution >= 4 is 65.2 Å². The minimum absolute atomic E-state index is 0.0127. The number of benzene rings is 2. The molecule has 5 N–H and O–H groups in total. The third-order valence-corrected chi connectivity index (χ3v) is 11.8. The number of carboxylic acids is 1. The van der Waals surface area contributed by atoms with E-state index in [1.165, 1.54) is 12.1 Å². The van der Waals surface area contributed by atoms with Gasteiger partial charge in [-0.3, -0.25) is 18.7 Å². The summed E-state index contributed by atoms with van der Waals surface area (Å²) in [5.41, 5.74) is 1.53. The zero-order valence-corrected chi connectivity index (χ0v) is 34.0. The predicted molar refractivity (Wildman–Crippen MR) is 207 cm³/mol. The Hall–Kier alpha value is -4.47. The summed E-state index contributed by atoms with van der Waals surface area (Å²) < 4.78 is 99.8. The molecule has 2 aliphatic rings. The third kappa shape index (κ3) is 10.1. The molecule has 306 valence electrons. The Morgan fingerprint density at radius 2 is 1.46 bits per heavy atom. The van der Waals surface area contributed by atoms with Crippen LogP contribution in [0.3, 0.4) is 0 Å². The van der Waals surface area contributed by atoms with Crippen molar-refractivity contribution in [1.29, 1.82) is 0 Å². The van der Waals surface area contributed by atoms with Gasteiger partial charge in [0.05, 0.1) is 38.2 Å². The molecule has 0 aromatic heterocycles. The molecule has 0 saturated carbocycles. The van der Waals surface area contributed by atoms with Crippen molar-refractivity contribution < 1.29 is 63.0 Å². The van der Waals surface area contributed by atoms with Crippen LogP contribution in [0.2, 0.25) is 0 Å². The van der Waals surface area contributed by atoms with E-state index in [-0.39, 0.29) is 29.7 Å². The molecule has 0 spiro atoms. The molecule has 20 heteroatoms. The fourth-order valence-corrected chi connectivity index (χ4v) is 8.52. The number of hydrogen-bond donors (Lipinski definition) is 5. The lowest BCUT2D eigenvalue weighted by Crippen LogP contribution is -2.32. The first-order valence-corrected chi connectivity index (χ1v) is 22.4. The molecule has 56 heavy (non-hydrogen) atoms. The number of nitrogens with zero attached hydrogens (tertiary/aromatic N) is 2. The van der Waals surface area contributed by atoms with Gasteiger partial charge in [-0.25, -0.2) is 13.2 Å². The fraction of sp³-hybridized carbons (Fsp3) is 0.444. The molecule has 0 fully saturated rings. The summed E-state index contributed by atoms with van der Waals surface area (Å²) in [6.07, 6.45) is 5.88. The maximum absolute atomic E-state index is 13.7. The summed E-state index contributed by atoms with van der Waals surface area (Å²) in [5.74, 6) is -4.79. The van der Waals surface area contributed by atoms with Gasteiger partial charge in [-0.1, -0.05) is 32.9 Å². The number of rotatable bonds is 17.